The summed E-state index contributed by atoms with van der Waals surface area (Å²) >= 11 is 0.823. The number of benzene rings is 5. The van der Waals surface area contributed by atoms with Gasteiger partial charge in [-0.2, -0.15) is 0 Å². The second kappa shape index (κ2) is 16.3. The molecule has 0 bridgehead atoms. The summed E-state index contributed by atoms with van der Waals surface area (Å²) in [5.41, 5.74) is 5.34. The summed E-state index contributed by atoms with van der Waals surface area (Å²) in [6.45, 7) is 0.643. The predicted molar refractivity (Wildman–Crippen MR) is 207 cm³/mol. The molecule has 7 rings (SSSR count). The van der Waals surface area contributed by atoms with Crippen LogP contribution in [-0.2, 0) is 11.2 Å². The Hall–Kier alpha value is -6.13. The highest BCUT2D eigenvalue weighted by atomic mass is 32.2. The summed E-state index contributed by atoms with van der Waals surface area (Å²) in [5, 5.41) is 4.81. The van der Waals surface area contributed by atoms with Crippen LogP contribution in [0, 0.1) is 11.7 Å². The lowest BCUT2D eigenvalue weighted by Gasteiger charge is -2.26. The number of imide groups is 1. The van der Waals surface area contributed by atoms with Gasteiger partial charge in [0, 0.05) is 35.8 Å². The topological polar surface area (TPSA) is 113 Å². The van der Waals surface area contributed by atoms with Crippen molar-refractivity contribution in [2.24, 2.45) is 5.92 Å². The van der Waals surface area contributed by atoms with Gasteiger partial charge in [0.25, 0.3) is 23.0 Å². The standard InChI is InChI=1S/C44H36FN3O5S/c45-34-22-20-32(21-23-34)40(49)37-12-6-7-13-38(37)43(52)48-27-29(16-17-31-10-4-5-11-36(31)30-8-2-1-3-9-30)24-35(48)26-46-41(50)33-18-14-28(15-19-33)25-39-42(51)47-44(53)54-39/h1-15,18-23,25,29,35H,16-17,24,26-27H2,(H,46,50)(H,47,51,53)/b39-25-/t29-,35+/m1/s1. The molecule has 10 heteroatoms. The molecule has 4 amide bonds. The summed E-state index contributed by atoms with van der Waals surface area (Å²) < 4.78 is 13.6. The van der Waals surface area contributed by atoms with Crippen LogP contribution in [0.1, 0.15) is 60.6 Å². The molecule has 54 heavy (non-hydrogen) atoms. The number of likely N-dealkylation sites (tertiary alicyclic amines) is 1. The summed E-state index contributed by atoms with van der Waals surface area (Å²) in [5.74, 6) is -1.80. The first-order valence-electron chi connectivity index (χ1n) is 17.7. The molecule has 2 saturated heterocycles. The molecule has 2 aliphatic heterocycles. The average Bonchev–Trinajstić information content (AvgIpc) is 3.77. The first kappa shape index (κ1) is 36.2. The lowest BCUT2D eigenvalue weighted by molar-refractivity contribution is -0.115. The van der Waals surface area contributed by atoms with Crippen molar-refractivity contribution < 1.29 is 28.4 Å². The lowest BCUT2D eigenvalue weighted by Crippen LogP contribution is -2.43. The highest BCUT2D eigenvalue weighted by Crippen LogP contribution is 2.32. The van der Waals surface area contributed by atoms with E-state index in [1.165, 1.54) is 35.4 Å². The number of nitrogens with one attached hydrogen (secondary N) is 2. The molecule has 5 aromatic carbocycles. The smallest absolute Gasteiger partial charge is 0.290 e. The van der Waals surface area contributed by atoms with Crippen molar-refractivity contribution >= 4 is 46.6 Å². The van der Waals surface area contributed by atoms with Crippen molar-refractivity contribution in [3.8, 4) is 11.1 Å². The molecule has 8 nitrogen and oxygen atoms in total. The van der Waals surface area contributed by atoms with Crippen LogP contribution in [-0.4, -0.2) is 52.8 Å². The molecule has 0 aliphatic carbocycles. The van der Waals surface area contributed by atoms with E-state index in [1.54, 1.807) is 59.5 Å². The maximum absolute atomic E-state index is 14.4. The molecule has 2 fully saturated rings. The second-order valence-electron chi connectivity index (χ2n) is 13.3. The number of ketones is 1. The number of rotatable bonds is 11. The van der Waals surface area contributed by atoms with Crippen molar-refractivity contribution in [2.75, 3.05) is 13.1 Å². The zero-order chi connectivity index (χ0) is 37.6. The first-order valence-corrected chi connectivity index (χ1v) is 18.5. The van der Waals surface area contributed by atoms with Gasteiger partial charge in [-0.25, -0.2) is 4.39 Å². The van der Waals surface area contributed by atoms with Crippen LogP contribution in [0.2, 0.25) is 0 Å². The Morgan fingerprint density at radius 3 is 2.19 bits per heavy atom. The number of aryl methyl sites for hydroxylation is 1. The van der Waals surface area contributed by atoms with Crippen molar-refractivity contribution in [1.29, 1.82) is 0 Å². The summed E-state index contributed by atoms with van der Waals surface area (Å²) in [6, 6.07) is 36.8. The number of nitrogens with zero attached hydrogens (tertiary/aromatic N) is 1. The van der Waals surface area contributed by atoms with Crippen molar-refractivity contribution in [3.63, 3.8) is 0 Å². The molecule has 0 unspecified atom stereocenters. The van der Waals surface area contributed by atoms with Gasteiger partial charge in [0.05, 0.1) is 10.5 Å². The fraction of sp³-hybridized carbons (Fsp3) is 0.159. The molecule has 0 spiro atoms. The highest BCUT2D eigenvalue weighted by Gasteiger charge is 2.37. The molecule has 2 heterocycles. The fourth-order valence-corrected chi connectivity index (χ4v) is 7.74. The Morgan fingerprint density at radius 2 is 1.46 bits per heavy atom. The predicted octanol–water partition coefficient (Wildman–Crippen LogP) is 7.94. The molecule has 2 N–H and O–H groups in total. The zero-order valence-electron chi connectivity index (χ0n) is 29.2. The Balaban J connectivity index is 1.10. The van der Waals surface area contributed by atoms with Gasteiger partial charge in [-0.05, 0) is 108 Å². The molecule has 0 aromatic heterocycles. The molecule has 5 aromatic rings. The van der Waals surface area contributed by atoms with Crippen LogP contribution in [0.3, 0.4) is 0 Å². The number of amides is 4. The van der Waals surface area contributed by atoms with Gasteiger partial charge in [0.1, 0.15) is 5.82 Å². The van der Waals surface area contributed by atoms with Crippen LogP contribution >= 0.6 is 11.8 Å². The third kappa shape index (κ3) is 8.24. The van der Waals surface area contributed by atoms with E-state index in [9.17, 15) is 28.4 Å². The van der Waals surface area contributed by atoms with Crippen molar-refractivity contribution in [2.45, 2.75) is 25.3 Å². The highest BCUT2D eigenvalue weighted by molar-refractivity contribution is 8.18. The molecule has 0 saturated carbocycles. The van der Waals surface area contributed by atoms with Crippen LogP contribution in [0.4, 0.5) is 9.18 Å². The summed E-state index contributed by atoms with van der Waals surface area (Å²) in [4.78, 5) is 66.9. The Kier molecular flexibility index (Phi) is 10.9. The number of hydrogen-bond acceptors (Lipinski definition) is 6. The molecule has 2 aliphatic rings. The minimum Gasteiger partial charge on any atom is -0.350 e. The van der Waals surface area contributed by atoms with E-state index in [1.807, 2.05) is 30.3 Å². The van der Waals surface area contributed by atoms with Crippen LogP contribution < -0.4 is 10.6 Å². The maximum Gasteiger partial charge on any atom is 0.290 e. The van der Waals surface area contributed by atoms with E-state index in [0.29, 0.717) is 24.1 Å². The number of thioether (sulfide) groups is 1. The minimum atomic E-state index is -0.460. The quantitative estimate of drug-likeness (QED) is 0.105. The number of carbonyl (C=O) groups excluding carboxylic acids is 5. The van der Waals surface area contributed by atoms with Gasteiger partial charge >= 0.3 is 0 Å². The zero-order valence-corrected chi connectivity index (χ0v) is 30.0. The van der Waals surface area contributed by atoms with Crippen LogP contribution in [0.25, 0.3) is 17.2 Å². The van der Waals surface area contributed by atoms with Gasteiger partial charge < -0.3 is 10.2 Å². The lowest BCUT2D eigenvalue weighted by atomic mass is 9.92. The number of carbonyl (C=O) groups is 5. The van der Waals surface area contributed by atoms with Crippen molar-refractivity contribution in [3.05, 3.63) is 171 Å². The van der Waals surface area contributed by atoms with E-state index in [4.69, 9.17) is 0 Å². The molecule has 0 radical (unpaired) electrons. The van der Waals surface area contributed by atoms with Crippen LogP contribution in [0.5, 0.6) is 0 Å². The van der Waals surface area contributed by atoms with Gasteiger partial charge in [-0.3, -0.25) is 29.3 Å². The van der Waals surface area contributed by atoms with Gasteiger partial charge in [0.15, 0.2) is 5.78 Å². The average molecular weight is 738 g/mol. The Morgan fingerprint density at radius 1 is 0.796 bits per heavy atom. The molecular weight excluding hydrogens is 702 g/mol. The Bertz CT molecular complexity index is 2260. The number of hydrogen-bond donors (Lipinski definition) is 2. The van der Waals surface area contributed by atoms with E-state index in [0.717, 1.165) is 30.2 Å². The Labute approximate surface area is 316 Å². The first-order chi connectivity index (χ1) is 26.2. The van der Waals surface area contributed by atoms with E-state index in [2.05, 4.69) is 34.9 Å². The third-order valence-corrected chi connectivity index (χ3v) is 10.6. The summed E-state index contributed by atoms with van der Waals surface area (Å²) in [6.07, 6.45) is 3.85. The monoisotopic (exact) mass is 737 g/mol. The van der Waals surface area contributed by atoms with Gasteiger partial charge in [-0.15, -0.1) is 0 Å². The van der Waals surface area contributed by atoms with E-state index < -0.39 is 17.0 Å². The number of halogens is 1. The largest absolute Gasteiger partial charge is 0.350 e. The normalized spacial score (nSPS) is 17.4. The SMILES string of the molecule is O=C1NC(=O)/C(=C/c2ccc(C(=O)NC[C@@H]3C[C@@H](CCc4ccccc4-c4ccccc4)CN3C(=O)c3ccccc3C(=O)c3ccc(F)cc3)cc2)S1. The van der Waals surface area contributed by atoms with E-state index in [-0.39, 0.29) is 57.7 Å². The fourth-order valence-electron chi connectivity index (χ4n) is 7.06. The van der Waals surface area contributed by atoms with Crippen LogP contribution in [0.15, 0.2) is 132 Å². The van der Waals surface area contributed by atoms with E-state index >= 15 is 0 Å². The summed E-state index contributed by atoms with van der Waals surface area (Å²) in [7, 11) is 0. The second-order valence-corrected chi connectivity index (χ2v) is 14.4. The third-order valence-electron chi connectivity index (χ3n) is 9.81. The minimum absolute atomic E-state index is 0.129. The van der Waals surface area contributed by atoms with Gasteiger partial charge in [0.2, 0.25) is 0 Å². The maximum atomic E-state index is 14.4. The molecule has 2 atom stereocenters. The molecular formula is C44H36FN3O5S. The molecule has 270 valence electrons. The van der Waals surface area contributed by atoms with Gasteiger partial charge in [-0.1, -0.05) is 84.9 Å². The van der Waals surface area contributed by atoms with Crippen molar-refractivity contribution in [1.82, 2.24) is 15.5 Å².